The molecule has 2 aromatic carbocycles. The Labute approximate surface area is 204 Å². The quantitative estimate of drug-likeness (QED) is 0.489. The Kier molecular flexibility index (Phi) is 6.83. The number of thiophene rings is 1. The Hall–Kier alpha value is -2.52. The third kappa shape index (κ3) is 4.95. The van der Waals surface area contributed by atoms with E-state index in [0.717, 1.165) is 29.9 Å². The molecule has 5 rings (SSSR count). The van der Waals surface area contributed by atoms with E-state index in [0.29, 0.717) is 38.2 Å². The van der Waals surface area contributed by atoms with E-state index in [4.69, 9.17) is 4.74 Å². The summed E-state index contributed by atoms with van der Waals surface area (Å²) in [5.74, 6) is -0.111. The Bertz CT molecular complexity index is 1230. The minimum atomic E-state index is -3.64. The van der Waals surface area contributed by atoms with Crippen molar-refractivity contribution in [3.63, 3.8) is 0 Å². The molecule has 0 saturated carbocycles. The normalized spacial score (nSPS) is 18.5. The Morgan fingerprint density at radius 2 is 1.85 bits per heavy atom. The molecule has 0 N–H and O–H groups in total. The van der Waals surface area contributed by atoms with Gasteiger partial charge < -0.3 is 9.64 Å². The third-order valence-corrected chi connectivity index (χ3v) is 9.22. The summed E-state index contributed by atoms with van der Waals surface area (Å²) in [6.07, 6.45) is 2.71. The van der Waals surface area contributed by atoms with Gasteiger partial charge in [-0.25, -0.2) is 8.42 Å². The standard InChI is InChI=1S/C26H28N2O4S2/c29-26(27(18-23-7-3-15-32-23)19-24-8-4-16-33-24)21-9-11-25(12-10-21)34(30,31)28-14-13-20-5-1-2-6-22(20)17-28/h1-2,4-6,8-12,16,23H,3,7,13-15,17-19H2. The second kappa shape index (κ2) is 10.00. The van der Waals surface area contributed by atoms with Gasteiger partial charge in [-0.05, 0) is 66.1 Å². The van der Waals surface area contributed by atoms with Gasteiger partial charge in [-0.2, -0.15) is 4.31 Å². The molecule has 0 bridgehead atoms. The second-order valence-electron chi connectivity index (χ2n) is 8.78. The van der Waals surface area contributed by atoms with Gasteiger partial charge in [0.1, 0.15) is 0 Å². The van der Waals surface area contributed by atoms with Crippen LogP contribution in [0.2, 0.25) is 0 Å². The number of nitrogens with zero attached hydrogens (tertiary/aromatic N) is 2. The number of hydrogen-bond donors (Lipinski definition) is 0. The van der Waals surface area contributed by atoms with Gasteiger partial charge in [0.05, 0.1) is 17.5 Å². The molecule has 2 aliphatic rings. The molecule has 3 heterocycles. The molecule has 0 spiro atoms. The predicted molar refractivity (Wildman–Crippen MR) is 132 cm³/mol. The van der Waals surface area contributed by atoms with E-state index < -0.39 is 10.0 Å². The summed E-state index contributed by atoms with van der Waals surface area (Å²) in [4.78, 5) is 16.5. The van der Waals surface area contributed by atoms with Gasteiger partial charge in [-0.3, -0.25) is 4.79 Å². The van der Waals surface area contributed by atoms with Gasteiger partial charge >= 0.3 is 0 Å². The molecule has 3 aromatic rings. The molecule has 1 saturated heterocycles. The Morgan fingerprint density at radius 1 is 1.06 bits per heavy atom. The number of benzene rings is 2. The predicted octanol–water partition coefficient (Wildman–Crippen LogP) is 4.32. The van der Waals surface area contributed by atoms with E-state index in [1.54, 1.807) is 35.6 Å². The molecule has 1 unspecified atom stereocenters. The average Bonchev–Trinajstić information content (AvgIpc) is 3.57. The summed E-state index contributed by atoms with van der Waals surface area (Å²) in [7, 11) is -3.64. The van der Waals surface area contributed by atoms with Gasteiger partial charge in [-0.15, -0.1) is 11.3 Å². The molecule has 1 fully saturated rings. The number of carbonyl (C=O) groups excluding carboxylic acids is 1. The van der Waals surface area contributed by atoms with Crippen LogP contribution in [0, 0.1) is 0 Å². The zero-order valence-electron chi connectivity index (χ0n) is 18.9. The molecular weight excluding hydrogens is 468 g/mol. The molecule has 6 nitrogen and oxygen atoms in total. The number of sulfonamides is 1. The Balaban J connectivity index is 1.33. The van der Waals surface area contributed by atoms with Crippen LogP contribution in [0.1, 0.15) is 39.2 Å². The van der Waals surface area contributed by atoms with Gasteiger partial charge in [0.15, 0.2) is 0 Å². The minimum Gasteiger partial charge on any atom is -0.376 e. The average molecular weight is 497 g/mol. The maximum atomic E-state index is 13.4. The van der Waals surface area contributed by atoms with Crippen LogP contribution in [0.5, 0.6) is 0 Å². The van der Waals surface area contributed by atoms with Crippen molar-refractivity contribution in [2.75, 3.05) is 19.7 Å². The fourth-order valence-electron chi connectivity index (χ4n) is 4.62. The summed E-state index contributed by atoms with van der Waals surface area (Å²) in [5, 5.41) is 2.00. The highest BCUT2D eigenvalue weighted by atomic mass is 32.2. The fourth-order valence-corrected chi connectivity index (χ4v) is 6.76. The van der Waals surface area contributed by atoms with Gasteiger partial charge in [-0.1, -0.05) is 30.3 Å². The van der Waals surface area contributed by atoms with Crippen LogP contribution in [-0.4, -0.2) is 49.3 Å². The number of amides is 1. The van der Waals surface area contributed by atoms with Crippen LogP contribution in [0.15, 0.2) is 70.9 Å². The Morgan fingerprint density at radius 3 is 2.56 bits per heavy atom. The van der Waals surface area contributed by atoms with Crippen LogP contribution in [-0.2, 0) is 34.3 Å². The van der Waals surface area contributed by atoms with Gasteiger partial charge in [0.2, 0.25) is 10.0 Å². The molecule has 1 atom stereocenters. The van der Waals surface area contributed by atoms with Crippen LogP contribution in [0.3, 0.4) is 0 Å². The van der Waals surface area contributed by atoms with Crippen LogP contribution in [0.25, 0.3) is 0 Å². The lowest BCUT2D eigenvalue weighted by atomic mass is 10.0. The van der Waals surface area contributed by atoms with Crippen LogP contribution in [0.4, 0.5) is 0 Å². The van der Waals surface area contributed by atoms with E-state index in [-0.39, 0.29) is 16.9 Å². The first-order valence-corrected chi connectivity index (χ1v) is 13.9. The fraction of sp³-hybridized carbons (Fsp3) is 0.346. The molecule has 0 radical (unpaired) electrons. The largest absolute Gasteiger partial charge is 0.376 e. The molecule has 1 amide bonds. The molecule has 1 aromatic heterocycles. The van der Waals surface area contributed by atoms with Crippen LogP contribution >= 0.6 is 11.3 Å². The number of ether oxygens (including phenoxy) is 1. The van der Waals surface area contributed by atoms with Crippen molar-refractivity contribution in [1.82, 2.24) is 9.21 Å². The smallest absolute Gasteiger partial charge is 0.254 e. The van der Waals surface area contributed by atoms with Crippen molar-refractivity contribution >= 4 is 27.3 Å². The first-order chi connectivity index (χ1) is 16.5. The number of carbonyl (C=O) groups is 1. The number of fused-ring (bicyclic) bond motifs is 1. The monoisotopic (exact) mass is 496 g/mol. The summed E-state index contributed by atoms with van der Waals surface area (Å²) in [6.45, 7) is 2.61. The third-order valence-electron chi connectivity index (χ3n) is 6.50. The van der Waals surface area contributed by atoms with Gasteiger partial charge in [0.25, 0.3) is 5.91 Å². The number of hydrogen-bond acceptors (Lipinski definition) is 5. The van der Waals surface area contributed by atoms with Gasteiger partial charge in [0, 0.05) is 36.7 Å². The first kappa shape index (κ1) is 23.2. The summed E-state index contributed by atoms with van der Waals surface area (Å²) < 4.78 is 33.8. The van der Waals surface area contributed by atoms with Crippen molar-refractivity contribution in [2.45, 2.75) is 43.4 Å². The zero-order chi connectivity index (χ0) is 23.5. The van der Waals surface area contributed by atoms with Crippen molar-refractivity contribution in [2.24, 2.45) is 0 Å². The van der Waals surface area contributed by atoms with E-state index in [1.165, 1.54) is 9.87 Å². The SMILES string of the molecule is O=C(c1ccc(S(=O)(=O)N2CCc3ccccc3C2)cc1)N(Cc1cccs1)CC1CCCO1. The van der Waals surface area contributed by atoms with E-state index >= 15 is 0 Å². The molecular formula is C26H28N2O4S2. The second-order valence-corrected chi connectivity index (χ2v) is 11.8. The summed E-state index contributed by atoms with van der Waals surface area (Å²) in [5.41, 5.74) is 2.73. The minimum absolute atomic E-state index is 0.0468. The highest BCUT2D eigenvalue weighted by Gasteiger charge is 2.29. The maximum absolute atomic E-state index is 13.4. The lowest BCUT2D eigenvalue weighted by molar-refractivity contribution is 0.0509. The van der Waals surface area contributed by atoms with Crippen molar-refractivity contribution in [1.29, 1.82) is 0 Å². The summed E-state index contributed by atoms with van der Waals surface area (Å²) in [6, 6.07) is 18.3. The first-order valence-electron chi connectivity index (χ1n) is 11.6. The lowest BCUT2D eigenvalue weighted by Crippen LogP contribution is -2.37. The summed E-state index contributed by atoms with van der Waals surface area (Å²) >= 11 is 1.62. The lowest BCUT2D eigenvalue weighted by Gasteiger charge is -2.28. The number of rotatable bonds is 7. The van der Waals surface area contributed by atoms with Crippen LogP contribution < -0.4 is 0 Å². The molecule has 178 valence electrons. The molecule has 34 heavy (non-hydrogen) atoms. The topological polar surface area (TPSA) is 66.9 Å². The van der Waals surface area contributed by atoms with E-state index in [2.05, 4.69) is 6.07 Å². The van der Waals surface area contributed by atoms with E-state index in [9.17, 15) is 13.2 Å². The van der Waals surface area contributed by atoms with Crippen molar-refractivity contribution in [3.8, 4) is 0 Å². The zero-order valence-corrected chi connectivity index (χ0v) is 20.6. The van der Waals surface area contributed by atoms with E-state index in [1.807, 2.05) is 40.6 Å². The molecule has 8 heteroatoms. The van der Waals surface area contributed by atoms with Crippen molar-refractivity contribution in [3.05, 3.63) is 87.6 Å². The van der Waals surface area contributed by atoms with Crippen molar-refractivity contribution < 1.29 is 17.9 Å². The molecule has 0 aliphatic carbocycles. The highest BCUT2D eigenvalue weighted by Crippen LogP contribution is 2.26. The highest BCUT2D eigenvalue weighted by molar-refractivity contribution is 7.89. The maximum Gasteiger partial charge on any atom is 0.254 e. The molecule has 2 aliphatic heterocycles.